The second kappa shape index (κ2) is 8.96. The molecule has 0 saturated heterocycles. The van der Waals surface area contributed by atoms with E-state index in [4.69, 9.17) is 4.74 Å². The van der Waals surface area contributed by atoms with Crippen molar-refractivity contribution in [3.63, 3.8) is 0 Å². The van der Waals surface area contributed by atoms with Gasteiger partial charge in [0.2, 0.25) is 0 Å². The first-order valence-electron chi connectivity index (χ1n) is 9.65. The number of nitrogens with one attached hydrogen (secondary N) is 3. The van der Waals surface area contributed by atoms with E-state index in [0.717, 1.165) is 27.2 Å². The summed E-state index contributed by atoms with van der Waals surface area (Å²) in [6.07, 6.45) is -0.567. The molecule has 0 aliphatic rings. The molecule has 0 fully saturated rings. The van der Waals surface area contributed by atoms with Crippen molar-refractivity contribution in [2.24, 2.45) is 0 Å². The molecule has 0 atom stereocenters. The van der Waals surface area contributed by atoms with Crippen LogP contribution < -0.4 is 16.0 Å². The molecule has 4 aromatic carbocycles. The lowest BCUT2D eigenvalue weighted by Gasteiger charge is -2.11. The second-order valence-electron chi connectivity index (χ2n) is 6.70. The lowest BCUT2D eigenvalue weighted by Crippen LogP contribution is -2.32. The summed E-state index contributed by atoms with van der Waals surface area (Å²) in [5.41, 5.74) is 1.40. The summed E-state index contributed by atoms with van der Waals surface area (Å²) in [6, 6.07) is 26.6. The van der Waals surface area contributed by atoms with Crippen LogP contribution in [0.1, 0.15) is 0 Å². The lowest BCUT2D eigenvalue weighted by molar-refractivity contribution is 0.162. The molecule has 0 aliphatic carbocycles. The molecule has 0 spiro atoms. The zero-order valence-electron chi connectivity index (χ0n) is 16.2. The summed E-state index contributed by atoms with van der Waals surface area (Å²) in [5.74, 6) is 0. The van der Waals surface area contributed by atoms with Gasteiger partial charge in [0.15, 0.2) is 0 Å². The monoisotopic (exact) mass is 399 g/mol. The summed E-state index contributed by atoms with van der Waals surface area (Å²) in [5, 5.41) is 12.2. The van der Waals surface area contributed by atoms with Crippen LogP contribution in [-0.4, -0.2) is 25.3 Å². The standard InChI is InChI=1S/C24H21N3O3/c28-23(26-21-13-5-9-17-7-1-3-11-19(17)21)25-15-16-30-24(29)27-22-14-6-10-18-8-2-4-12-20(18)22/h1-14H,15-16H2,(H,27,29)(H2,25,26,28). The highest BCUT2D eigenvalue weighted by molar-refractivity contribution is 6.02. The van der Waals surface area contributed by atoms with Crippen molar-refractivity contribution in [2.45, 2.75) is 0 Å². The molecule has 0 saturated carbocycles. The molecule has 150 valence electrons. The minimum Gasteiger partial charge on any atom is -0.447 e. The van der Waals surface area contributed by atoms with E-state index in [9.17, 15) is 9.59 Å². The Hall–Kier alpha value is -4.06. The summed E-state index contributed by atoms with van der Waals surface area (Å²) in [6.45, 7) is 0.249. The van der Waals surface area contributed by atoms with Crippen LogP contribution in [0.3, 0.4) is 0 Å². The van der Waals surface area contributed by atoms with Gasteiger partial charge in [0.25, 0.3) is 0 Å². The highest BCUT2D eigenvalue weighted by Crippen LogP contribution is 2.23. The van der Waals surface area contributed by atoms with Gasteiger partial charge in [-0.25, -0.2) is 9.59 Å². The van der Waals surface area contributed by atoms with Crippen LogP contribution in [0.4, 0.5) is 21.0 Å². The molecule has 0 aliphatic heterocycles. The van der Waals surface area contributed by atoms with E-state index in [2.05, 4.69) is 16.0 Å². The molecule has 0 bridgehead atoms. The minimum atomic E-state index is -0.567. The fraction of sp³-hybridized carbons (Fsp3) is 0.0833. The van der Waals surface area contributed by atoms with Crippen LogP contribution in [0.2, 0.25) is 0 Å². The smallest absolute Gasteiger partial charge is 0.411 e. The van der Waals surface area contributed by atoms with Gasteiger partial charge in [-0.3, -0.25) is 5.32 Å². The van der Waals surface area contributed by atoms with Gasteiger partial charge >= 0.3 is 12.1 Å². The van der Waals surface area contributed by atoms with Crippen LogP contribution in [-0.2, 0) is 4.74 Å². The van der Waals surface area contributed by atoms with E-state index in [1.807, 2.05) is 84.9 Å². The first-order chi connectivity index (χ1) is 14.7. The normalized spacial score (nSPS) is 10.5. The predicted octanol–water partition coefficient (Wildman–Crippen LogP) is 5.36. The van der Waals surface area contributed by atoms with Crippen LogP contribution in [0, 0.1) is 0 Å². The molecule has 4 rings (SSSR count). The molecule has 6 nitrogen and oxygen atoms in total. The fourth-order valence-corrected chi connectivity index (χ4v) is 3.29. The molecule has 0 aromatic heterocycles. The largest absolute Gasteiger partial charge is 0.447 e. The summed E-state index contributed by atoms with van der Waals surface area (Å²) in [4.78, 5) is 24.2. The molecule has 3 N–H and O–H groups in total. The van der Waals surface area contributed by atoms with E-state index in [-0.39, 0.29) is 19.2 Å². The summed E-state index contributed by atoms with van der Waals surface area (Å²) < 4.78 is 5.17. The van der Waals surface area contributed by atoms with Crippen LogP contribution in [0.5, 0.6) is 0 Å². The number of carbonyl (C=O) groups excluding carboxylic acids is 2. The van der Waals surface area contributed by atoms with Gasteiger partial charge in [0.05, 0.1) is 17.9 Å². The van der Waals surface area contributed by atoms with E-state index in [0.29, 0.717) is 5.69 Å². The zero-order valence-corrected chi connectivity index (χ0v) is 16.2. The number of ether oxygens (including phenoxy) is 1. The highest BCUT2D eigenvalue weighted by Gasteiger charge is 2.08. The SMILES string of the molecule is O=C(NCCOC(=O)Nc1cccc2ccccc12)Nc1cccc2ccccc12. The van der Waals surface area contributed by atoms with Gasteiger partial charge < -0.3 is 15.4 Å². The van der Waals surface area contributed by atoms with Crippen molar-refractivity contribution in [1.29, 1.82) is 0 Å². The van der Waals surface area contributed by atoms with Crippen molar-refractivity contribution in [3.8, 4) is 0 Å². The molecule has 0 heterocycles. The maximum absolute atomic E-state index is 12.2. The Kier molecular flexibility index (Phi) is 5.75. The number of carbonyl (C=O) groups is 2. The van der Waals surface area contributed by atoms with Crippen molar-refractivity contribution in [2.75, 3.05) is 23.8 Å². The van der Waals surface area contributed by atoms with E-state index >= 15 is 0 Å². The van der Waals surface area contributed by atoms with Gasteiger partial charge in [-0.05, 0) is 22.9 Å². The lowest BCUT2D eigenvalue weighted by atomic mass is 10.1. The molecule has 3 amide bonds. The molecule has 4 aromatic rings. The molecule has 6 heteroatoms. The number of urea groups is 1. The second-order valence-corrected chi connectivity index (χ2v) is 6.70. The third kappa shape index (κ3) is 4.50. The molecule has 0 radical (unpaired) electrons. The minimum absolute atomic E-state index is 0.0551. The highest BCUT2D eigenvalue weighted by atomic mass is 16.5. The fourth-order valence-electron chi connectivity index (χ4n) is 3.29. The Morgan fingerprint density at radius 2 is 1.20 bits per heavy atom. The van der Waals surface area contributed by atoms with Crippen molar-refractivity contribution >= 4 is 45.0 Å². The molecule has 30 heavy (non-hydrogen) atoms. The Labute approximate surface area is 173 Å². The van der Waals surface area contributed by atoms with Crippen LogP contribution >= 0.6 is 0 Å². The van der Waals surface area contributed by atoms with Crippen molar-refractivity contribution in [1.82, 2.24) is 5.32 Å². The van der Waals surface area contributed by atoms with E-state index in [1.54, 1.807) is 0 Å². The maximum atomic E-state index is 12.2. The number of hydrogen-bond acceptors (Lipinski definition) is 3. The third-order valence-electron chi connectivity index (χ3n) is 4.68. The Morgan fingerprint density at radius 3 is 1.83 bits per heavy atom. The summed E-state index contributed by atoms with van der Waals surface area (Å²) >= 11 is 0. The van der Waals surface area contributed by atoms with Crippen molar-refractivity contribution < 1.29 is 14.3 Å². The van der Waals surface area contributed by atoms with Gasteiger partial charge in [0.1, 0.15) is 6.61 Å². The van der Waals surface area contributed by atoms with Gasteiger partial charge in [-0.15, -0.1) is 0 Å². The quantitative estimate of drug-likeness (QED) is 0.395. The maximum Gasteiger partial charge on any atom is 0.411 e. The van der Waals surface area contributed by atoms with Crippen LogP contribution in [0.15, 0.2) is 84.9 Å². The number of fused-ring (bicyclic) bond motifs is 2. The number of rotatable bonds is 5. The predicted molar refractivity (Wildman–Crippen MR) is 120 cm³/mol. The van der Waals surface area contributed by atoms with E-state index in [1.165, 1.54) is 0 Å². The summed E-state index contributed by atoms with van der Waals surface area (Å²) in [7, 11) is 0. The topological polar surface area (TPSA) is 79.5 Å². The number of amides is 3. The molecule has 0 unspecified atom stereocenters. The Morgan fingerprint density at radius 1 is 0.667 bits per heavy atom. The van der Waals surface area contributed by atoms with Crippen LogP contribution in [0.25, 0.3) is 21.5 Å². The Balaban J connectivity index is 1.25. The molecular formula is C24H21N3O3. The first-order valence-corrected chi connectivity index (χ1v) is 9.65. The van der Waals surface area contributed by atoms with Gasteiger partial charge in [-0.2, -0.15) is 0 Å². The zero-order chi connectivity index (χ0) is 20.8. The molecular weight excluding hydrogens is 378 g/mol. The number of anilines is 2. The number of hydrogen-bond donors (Lipinski definition) is 3. The average Bonchev–Trinajstić information content (AvgIpc) is 2.77. The first kappa shape index (κ1) is 19.3. The van der Waals surface area contributed by atoms with E-state index < -0.39 is 6.09 Å². The average molecular weight is 399 g/mol. The van der Waals surface area contributed by atoms with Gasteiger partial charge in [-0.1, -0.05) is 72.8 Å². The Bertz CT molecular complexity index is 1100. The number of benzene rings is 4. The third-order valence-corrected chi connectivity index (χ3v) is 4.68. The van der Waals surface area contributed by atoms with Crippen molar-refractivity contribution in [3.05, 3.63) is 84.9 Å². The van der Waals surface area contributed by atoms with Gasteiger partial charge in [0, 0.05) is 10.8 Å².